The molecular weight excluding hydrogens is 210 g/mol. The summed E-state index contributed by atoms with van der Waals surface area (Å²) >= 11 is 0. The van der Waals surface area contributed by atoms with Gasteiger partial charge in [-0.15, -0.1) is 0 Å². The molecule has 0 atom stereocenters. The monoisotopic (exact) mass is 241 g/mol. The second kappa shape index (κ2) is 7.38. The van der Waals surface area contributed by atoms with Gasteiger partial charge in [0, 0.05) is 19.2 Å². The van der Waals surface area contributed by atoms with Gasteiger partial charge >= 0.3 is 0 Å². The molecule has 1 fully saturated rings. The summed E-state index contributed by atoms with van der Waals surface area (Å²) in [4.78, 5) is 0. The summed E-state index contributed by atoms with van der Waals surface area (Å²) in [5.41, 5.74) is 0.116. The molecule has 0 aromatic heterocycles. The first-order chi connectivity index (χ1) is 8.04. The molecule has 102 valence electrons. The first kappa shape index (κ1) is 15.0. The van der Waals surface area contributed by atoms with Crippen LogP contribution in [0, 0.1) is 5.92 Å². The van der Waals surface area contributed by atoms with Gasteiger partial charge in [-0.1, -0.05) is 53.4 Å². The molecule has 0 aromatic carbocycles. The van der Waals surface area contributed by atoms with Crippen molar-refractivity contribution in [1.29, 1.82) is 0 Å². The van der Waals surface area contributed by atoms with E-state index in [-0.39, 0.29) is 5.60 Å². The van der Waals surface area contributed by atoms with E-state index in [1.807, 2.05) is 0 Å². The van der Waals surface area contributed by atoms with Crippen LogP contribution in [0.2, 0.25) is 0 Å². The van der Waals surface area contributed by atoms with Gasteiger partial charge in [-0.2, -0.15) is 0 Å². The van der Waals surface area contributed by atoms with E-state index >= 15 is 0 Å². The smallest absolute Gasteiger partial charge is 0.0806 e. The molecule has 1 aliphatic carbocycles. The van der Waals surface area contributed by atoms with E-state index < -0.39 is 0 Å². The van der Waals surface area contributed by atoms with Crippen LogP contribution in [-0.2, 0) is 4.74 Å². The topological polar surface area (TPSA) is 21.3 Å². The Morgan fingerprint density at radius 2 is 1.59 bits per heavy atom. The van der Waals surface area contributed by atoms with E-state index in [4.69, 9.17) is 4.74 Å². The maximum atomic E-state index is 6.30. The zero-order chi connectivity index (χ0) is 12.7. The summed E-state index contributed by atoms with van der Waals surface area (Å²) in [6, 6.07) is 0.553. The van der Waals surface area contributed by atoms with Crippen LogP contribution in [-0.4, -0.2) is 24.8 Å². The molecule has 0 aromatic rings. The van der Waals surface area contributed by atoms with Crippen molar-refractivity contribution in [2.75, 3.05) is 13.2 Å². The summed E-state index contributed by atoms with van der Waals surface area (Å²) in [7, 11) is 0. The number of rotatable bonds is 6. The maximum Gasteiger partial charge on any atom is 0.0806 e. The normalized spacial score (nSPS) is 20.8. The largest absolute Gasteiger partial charge is 0.373 e. The van der Waals surface area contributed by atoms with Crippen LogP contribution in [0.1, 0.15) is 66.2 Å². The minimum absolute atomic E-state index is 0.116. The second-order valence-electron chi connectivity index (χ2n) is 6.34. The van der Waals surface area contributed by atoms with Crippen molar-refractivity contribution in [3.63, 3.8) is 0 Å². The molecule has 17 heavy (non-hydrogen) atoms. The lowest BCUT2D eigenvalue weighted by Gasteiger charge is -2.35. The van der Waals surface area contributed by atoms with E-state index in [2.05, 4.69) is 33.0 Å². The van der Waals surface area contributed by atoms with Gasteiger partial charge in [0.15, 0.2) is 0 Å². The molecule has 0 unspecified atom stereocenters. The molecule has 1 aliphatic rings. The van der Waals surface area contributed by atoms with Gasteiger partial charge < -0.3 is 10.1 Å². The molecule has 1 saturated carbocycles. The zero-order valence-electron chi connectivity index (χ0n) is 12.2. The van der Waals surface area contributed by atoms with Gasteiger partial charge in [0.25, 0.3) is 0 Å². The number of hydrogen-bond acceptors (Lipinski definition) is 2. The second-order valence-corrected chi connectivity index (χ2v) is 6.34. The summed E-state index contributed by atoms with van der Waals surface area (Å²) in [6.45, 7) is 10.8. The Morgan fingerprint density at radius 1 is 1.00 bits per heavy atom. The van der Waals surface area contributed by atoms with Gasteiger partial charge in [0.1, 0.15) is 0 Å². The molecular formula is C15H31NO. The lowest BCUT2D eigenvalue weighted by Crippen LogP contribution is -2.45. The molecule has 2 heteroatoms. The Balaban J connectivity index is 2.53. The minimum Gasteiger partial charge on any atom is -0.373 e. The molecule has 0 radical (unpaired) electrons. The number of hydrogen-bond donors (Lipinski definition) is 1. The number of ether oxygens (including phenoxy) is 1. The molecule has 1 N–H and O–H groups in total. The maximum absolute atomic E-state index is 6.30. The third-order valence-corrected chi connectivity index (χ3v) is 3.57. The van der Waals surface area contributed by atoms with Crippen molar-refractivity contribution in [3.8, 4) is 0 Å². The number of nitrogens with one attached hydrogen (secondary N) is 1. The van der Waals surface area contributed by atoms with Crippen LogP contribution in [0.4, 0.5) is 0 Å². The van der Waals surface area contributed by atoms with Crippen LogP contribution in [0.3, 0.4) is 0 Å². The summed E-state index contributed by atoms with van der Waals surface area (Å²) in [6.07, 6.45) is 7.90. The van der Waals surface area contributed by atoms with Gasteiger partial charge in [-0.05, 0) is 18.8 Å². The predicted octanol–water partition coefficient (Wildman–Crippen LogP) is 3.75. The quantitative estimate of drug-likeness (QED) is 0.715. The molecule has 0 spiro atoms. The fourth-order valence-electron chi connectivity index (χ4n) is 2.48. The van der Waals surface area contributed by atoms with Crippen LogP contribution in [0.15, 0.2) is 0 Å². The molecule has 1 rings (SSSR count). The van der Waals surface area contributed by atoms with E-state index in [1.165, 1.54) is 38.5 Å². The minimum atomic E-state index is 0.116. The van der Waals surface area contributed by atoms with E-state index in [0.29, 0.717) is 12.0 Å². The first-order valence-corrected chi connectivity index (χ1v) is 7.41. The molecule has 2 nitrogen and oxygen atoms in total. The van der Waals surface area contributed by atoms with Crippen LogP contribution < -0.4 is 5.32 Å². The molecule has 0 saturated heterocycles. The highest BCUT2D eigenvalue weighted by Gasteiger charge is 2.31. The summed E-state index contributed by atoms with van der Waals surface area (Å²) < 4.78 is 6.30. The van der Waals surface area contributed by atoms with E-state index in [9.17, 15) is 0 Å². The van der Waals surface area contributed by atoms with Crippen molar-refractivity contribution in [2.45, 2.75) is 77.9 Å². The van der Waals surface area contributed by atoms with Crippen LogP contribution in [0.25, 0.3) is 0 Å². The Labute approximate surface area is 108 Å². The van der Waals surface area contributed by atoms with Crippen LogP contribution in [0.5, 0.6) is 0 Å². The fourth-order valence-corrected chi connectivity index (χ4v) is 2.48. The van der Waals surface area contributed by atoms with Crippen LogP contribution >= 0.6 is 0 Å². The van der Waals surface area contributed by atoms with Gasteiger partial charge in [-0.3, -0.25) is 0 Å². The molecule has 0 heterocycles. The Morgan fingerprint density at radius 3 is 2.06 bits per heavy atom. The highest BCUT2D eigenvalue weighted by Crippen LogP contribution is 2.30. The Kier molecular flexibility index (Phi) is 6.50. The highest BCUT2D eigenvalue weighted by molar-refractivity contribution is 4.86. The summed E-state index contributed by atoms with van der Waals surface area (Å²) in [5, 5.41) is 3.58. The van der Waals surface area contributed by atoms with Crippen molar-refractivity contribution in [1.82, 2.24) is 5.32 Å². The Bertz CT molecular complexity index is 179. The lowest BCUT2D eigenvalue weighted by molar-refractivity contribution is -0.0664. The standard InChI is InChI=1S/C15H31NO/c1-13(2)11-17-15(12-16-14(3)4)9-7-5-6-8-10-15/h13-14,16H,5-12H2,1-4H3. The zero-order valence-corrected chi connectivity index (χ0v) is 12.2. The van der Waals surface area contributed by atoms with Gasteiger partial charge in [-0.25, -0.2) is 0 Å². The molecule has 0 aliphatic heterocycles. The fraction of sp³-hybridized carbons (Fsp3) is 1.00. The van der Waals surface area contributed by atoms with Crippen molar-refractivity contribution in [3.05, 3.63) is 0 Å². The lowest BCUT2D eigenvalue weighted by atomic mass is 9.93. The van der Waals surface area contributed by atoms with Crippen molar-refractivity contribution in [2.24, 2.45) is 5.92 Å². The summed E-state index contributed by atoms with van der Waals surface area (Å²) in [5.74, 6) is 0.633. The van der Waals surface area contributed by atoms with Crippen molar-refractivity contribution < 1.29 is 4.74 Å². The SMILES string of the molecule is CC(C)COC1(CNC(C)C)CCCCCC1. The predicted molar refractivity (Wildman–Crippen MR) is 74.4 cm³/mol. The first-order valence-electron chi connectivity index (χ1n) is 7.41. The van der Waals surface area contributed by atoms with Gasteiger partial charge in [0.05, 0.1) is 5.60 Å². The third kappa shape index (κ3) is 5.87. The molecule has 0 bridgehead atoms. The molecule has 0 amide bonds. The average Bonchev–Trinajstić information content (AvgIpc) is 2.50. The third-order valence-electron chi connectivity index (χ3n) is 3.57. The average molecular weight is 241 g/mol. The Hall–Kier alpha value is -0.0800. The van der Waals surface area contributed by atoms with E-state index in [0.717, 1.165) is 13.2 Å². The highest BCUT2D eigenvalue weighted by atomic mass is 16.5. The van der Waals surface area contributed by atoms with Crippen molar-refractivity contribution >= 4 is 0 Å². The van der Waals surface area contributed by atoms with Gasteiger partial charge in [0.2, 0.25) is 0 Å². The van der Waals surface area contributed by atoms with E-state index in [1.54, 1.807) is 0 Å².